The summed E-state index contributed by atoms with van der Waals surface area (Å²) in [5.41, 5.74) is 0.356. The summed E-state index contributed by atoms with van der Waals surface area (Å²) >= 11 is 6.15. The zero-order chi connectivity index (χ0) is 14.3. The molecule has 108 valence electrons. The molecule has 1 atom stereocenters. The van der Waals surface area contributed by atoms with Crippen molar-refractivity contribution in [2.75, 3.05) is 19.9 Å². The van der Waals surface area contributed by atoms with E-state index in [-0.39, 0.29) is 6.79 Å². The zero-order valence-electron chi connectivity index (χ0n) is 11.2. The van der Waals surface area contributed by atoms with Crippen molar-refractivity contribution in [1.29, 1.82) is 0 Å². The lowest BCUT2D eigenvalue weighted by molar-refractivity contribution is -0.147. The topological polar surface area (TPSA) is 59.0 Å². The quantitative estimate of drug-likeness (QED) is 0.928. The summed E-state index contributed by atoms with van der Waals surface area (Å²) in [5.74, 6) is 0.517. The molecule has 6 heteroatoms. The van der Waals surface area contributed by atoms with Crippen molar-refractivity contribution in [1.82, 2.24) is 4.90 Å². The Kier molecular flexibility index (Phi) is 3.26. The van der Waals surface area contributed by atoms with Crippen molar-refractivity contribution >= 4 is 17.6 Å². The fourth-order valence-corrected chi connectivity index (χ4v) is 3.02. The summed E-state index contributed by atoms with van der Waals surface area (Å²) in [5, 5.41) is 9.78. The fraction of sp³-hybridized carbons (Fsp3) is 0.500. The molecular weight excluding hydrogens is 282 g/mol. The van der Waals surface area contributed by atoms with Gasteiger partial charge in [-0.05, 0) is 37.6 Å². The number of halogens is 1. The van der Waals surface area contributed by atoms with Gasteiger partial charge in [-0.1, -0.05) is 11.6 Å². The van der Waals surface area contributed by atoms with Crippen LogP contribution < -0.4 is 9.47 Å². The number of nitrogens with zero attached hydrogens (tertiary/aromatic N) is 1. The minimum atomic E-state index is -0.733. The number of fused-ring (bicyclic) bond motifs is 1. The van der Waals surface area contributed by atoms with Crippen molar-refractivity contribution < 1.29 is 19.4 Å². The van der Waals surface area contributed by atoms with Gasteiger partial charge >= 0.3 is 5.97 Å². The highest BCUT2D eigenvalue weighted by molar-refractivity contribution is 6.32. The monoisotopic (exact) mass is 297 g/mol. The van der Waals surface area contributed by atoms with E-state index in [0.29, 0.717) is 36.0 Å². The molecule has 1 aromatic carbocycles. The predicted molar refractivity (Wildman–Crippen MR) is 73.2 cm³/mol. The first-order valence-electron chi connectivity index (χ1n) is 6.52. The Labute approximate surface area is 122 Å². The lowest BCUT2D eigenvalue weighted by Gasteiger charge is -2.20. The van der Waals surface area contributed by atoms with E-state index < -0.39 is 11.4 Å². The number of carboxylic acids is 1. The zero-order valence-corrected chi connectivity index (χ0v) is 11.9. The standard InChI is InChI=1S/C14H16ClNO4/c1-14(13(17)18)2-3-16(7-14)6-9-4-10(15)12-11(5-9)19-8-20-12/h4-5H,2-3,6-8H2,1H3,(H,17,18). The number of hydrogen-bond acceptors (Lipinski definition) is 4. The molecular formula is C14H16ClNO4. The molecule has 1 saturated heterocycles. The van der Waals surface area contributed by atoms with Gasteiger partial charge in [0.15, 0.2) is 11.5 Å². The number of hydrogen-bond donors (Lipinski definition) is 1. The molecule has 0 saturated carbocycles. The number of carboxylic acid groups (broad SMARTS) is 1. The van der Waals surface area contributed by atoms with Gasteiger partial charge in [-0.15, -0.1) is 0 Å². The van der Waals surface area contributed by atoms with Crippen LogP contribution in [0.2, 0.25) is 5.02 Å². The Morgan fingerprint density at radius 1 is 1.50 bits per heavy atom. The number of likely N-dealkylation sites (tertiary alicyclic amines) is 1. The van der Waals surface area contributed by atoms with Gasteiger partial charge in [0.2, 0.25) is 6.79 Å². The minimum absolute atomic E-state index is 0.194. The lowest BCUT2D eigenvalue weighted by Crippen LogP contribution is -2.31. The first-order valence-corrected chi connectivity index (χ1v) is 6.89. The average molecular weight is 298 g/mol. The molecule has 1 fully saturated rings. The SMILES string of the molecule is CC1(C(=O)O)CCN(Cc2cc(Cl)c3c(c2)OCO3)C1. The summed E-state index contributed by atoms with van der Waals surface area (Å²) in [6.45, 7) is 3.98. The van der Waals surface area contributed by atoms with E-state index in [1.165, 1.54) is 0 Å². The van der Waals surface area contributed by atoms with E-state index in [0.717, 1.165) is 12.1 Å². The number of aliphatic carboxylic acids is 1. The van der Waals surface area contributed by atoms with Crippen LogP contribution >= 0.6 is 11.6 Å². The van der Waals surface area contributed by atoms with Crippen molar-refractivity contribution in [3.8, 4) is 11.5 Å². The minimum Gasteiger partial charge on any atom is -0.481 e. The Morgan fingerprint density at radius 2 is 2.30 bits per heavy atom. The Bertz CT molecular complexity index is 562. The van der Waals surface area contributed by atoms with Gasteiger partial charge in [0, 0.05) is 13.1 Å². The molecule has 5 nitrogen and oxygen atoms in total. The van der Waals surface area contributed by atoms with Gasteiger partial charge < -0.3 is 14.6 Å². The second-order valence-corrected chi connectivity index (χ2v) is 6.05. The number of ether oxygens (including phenoxy) is 2. The largest absolute Gasteiger partial charge is 0.481 e. The van der Waals surface area contributed by atoms with E-state index in [2.05, 4.69) is 4.90 Å². The smallest absolute Gasteiger partial charge is 0.310 e. The highest BCUT2D eigenvalue weighted by Gasteiger charge is 2.40. The van der Waals surface area contributed by atoms with Crippen LogP contribution in [0.25, 0.3) is 0 Å². The van der Waals surface area contributed by atoms with E-state index in [9.17, 15) is 9.90 Å². The molecule has 0 bridgehead atoms. The predicted octanol–water partition coefficient (Wildman–Crippen LogP) is 2.37. The lowest BCUT2D eigenvalue weighted by atomic mass is 9.90. The summed E-state index contributed by atoms with van der Waals surface area (Å²) in [6, 6.07) is 3.76. The molecule has 2 aliphatic rings. The van der Waals surface area contributed by atoms with Gasteiger partial charge in [0.05, 0.1) is 10.4 Å². The molecule has 1 N–H and O–H groups in total. The third-order valence-corrected chi connectivity index (χ3v) is 4.24. The Balaban J connectivity index is 1.74. The van der Waals surface area contributed by atoms with Gasteiger partial charge in [-0.3, -0.25) is 9.69 Å². The number of carbonyl (C=O) groups is 1. The van der Waals surface area contributed by atoms with Gasteiger partial charge in [0.25, 0.3) is 0 Å². The molecule has 2 aliphatic heterocycles. The first kappa shape index (κ1) is 13.5. The molecule has 3 rings (SSSR count). The van der Waals surface area contributed by atoms with Crippen LogP contribution in [-0.2, 0) is 11.3 Å². The van der Waals surface area contributed by atoms with E-state index in [1.54, 1.807) is 6.92 Å². The highest BCUT2D eigenvalue weighted by Crippen LogP contribution is 2.40. The van der Waals surface area contributed by atoms with Crippen molar-refractivity contribution in [3.05, 3.63) is 22.7 Å². The van der Waals surface area contributed by atoms with Crippen LogP contribution in [0.5, 0.6) is 11.5 Å². The summed E-state index contributed by atoms with van der Waals surface area (Å²) in [7, 11) is 0. The maximum Gasteiger partial charge on any atom is 0.310 e. The normalized spacial score (nSPS) is 25.1. The second-order valence-electron chi connectivity index (χ2n) is 5.64. The van der Waals surface area contributed by atoms with Crippen LogP contribution in [0, 0.1) is 5.41 Å². The van der Waals surface area contributed by atoms with Crippen LogP contribution in [0.15, 0.2) is 12.1 Å². The number of rotatable bonds is 3. The molecule has 0 radical (unpaired) electrons. The van der Waals surface area contributed by atoms with E-state index in [1.807, 2.05) is 12.1 Å². The third-order valence-electron chi connectivity index (χ3n) is 3.96. The Morgan fingerprint density at radius 3 is 3.00 bits per heavy atom. The van der Waals surface area contributed by atoms with Crippen LogP contribution in [0.4, 0.5) is 0 Å². The van der Waals surface area contributed by atoms with Gasteiger partial charge in [0.1, 0.15) is 0 Å². The highest BCUT2D eigenvalue weighted by atomic mass is 35.5. The number of benzene rings is 1. The fourth-order valence-electron chi connectivity index (χ4n) is 2.74. The summed E-state index contributed by atoms with van der Waals surface area (Å²) in [4.78, 5) is 13.4. The Hall–Kier alpha value is -1.46. The maximum absolute atomic E-state index is 11.2. The van der Waals surface area contributed by atoms with Crippen molar-refractivity contribution in [2.45, 2.75) is 19.9 Å². The van der Waals surface area contributed by atoms with Crippen LogP contribution in [0.1, 0.15) is 18.9 Å². The molecule has 0 spiro atoms. The molecule has 1 aromatic rings. The second kappa shape index (κ2) is 4.82. The summed E-state index contributed by atoms with van der Waals surface area (Å²) < 4.78 is 10.6. The van der Waals surface area contributed by atoms with Gasteiger partial charge in [-0.2, -0.15) is 0 Å². The molecule has 2 heterocycles. The van der Waals surface area contributed by atoms with E-state index >= 15 is 0 Å². The first-order chi connectivity index (χ1) is 9.48. The maximum atomic E-state index is 11.2. The van der Waals surface area contributed by atoms with E-state index in [4.69, 9.17) is 21.1 Å². The van der Waals surface area contributed by atoms with Crippen LogP contribution in [-0.4, -0.2) is 35.9 Å². The molecule has 1 unspecified atom stereocenters. The average Bonchev–Trinajstić information content (AvgIpc) is 2.97. The molecule has 20 heavy (non-hydrogen) atoms. The van der Waals surface area contributed by atoms with Crippen molar-refractivity contribution in [2.24, 2.45) is 5.41 Å². The van der Waals surface area contributed by atoms with Crippen molar-refractivity contribution in [3.63, 3.8) is 0 Å². The molecule has 0 amide bonds. The molecule has 0 aliphatic carbocycles. The summed E-state index contributed by atoms with van der Waals surface area (Å²) in [6.07, 6.45) is 0.667. The van der Waals surface area contributed by atoms with Crippen LogP contribution in [0.3, 0.4) is 0 Å². The third kappa shape index (κ3) is 2.31. The molecule has 0 aromatic heterocycles. The van der Waals surface area contributed by atoms with Gasteiger partial charge in [-0.25, -0.2) is 0 Å².